The fraction of sp³-hybridized carbons (Fsp3) is 0.615. The molecule has 0 aliphatic carbocycles. The number of urea groups is 1. The van der Waals surface area contributed by atoms with Crippen molar-refractivity contribution in [1.82, 2.24) is 4.90 Å². The fourth-order valence-electron chi connectivity index (χ4n) is 2.28. The molecular weight excluding hydrogens is 324 g/mol. The molecule has 0 saturated carbocycles. The molecule has 132 valence electrons. The lowest BCUT2D eigenvalue weighted by atomic mass is 10.0. The van der Waals surface area contributed by atoms with Gasteiger partial charge in [0.2, 0.25) is 11.5 Å². The van der Waals surface area contributed by atoms with Crippen LogP contribution in [0.4, 0.5) is 4.79 Å². The Hall–Kier alpha value is -2.05. The van der Waals surface area contributed by atoms with E-state index >= 15 is 0 Å². The van der Waals surface area contributed by atoms with E-state index in [4.69, 9.17) is 5.11 Å². The molecule has 0 saturated heterocycles. The highest BCUT2D eigenvalue weighted by Gasteiger charge is 2.45. The summed E-state index contributed by atoms with van der Waals surface area (Å²) in [5.41, 5.74) is -0.0627. The molecule has 0 bridgehead atoms. The van der Waals surface area contributed by atoms with Crippen molar-refractivity contribution in [3.05, 3.63) is 0 Å². The van der Waals surface area contributed by atoms with Crippen LogP contribution in [0.1, 0.15) is 6.42 Å². The number of amidine groups is 2. The van der Waals surface area contributed by atoms with Gasteiger partial charge in [-0.2, -0.15) is 9.48 Å². The van der Waals surface area contributed by atoms with Crippen LogP contribution >= 0.6 is 0 Å². The number of aliphatic hydroxyl groups is 5. The summed E-state index contributed by atoms with van der Waals surface area (Å²) in [4.78, 5) is 32.6. The summed E-state index contributed by atoms with van der Waals surface area (Å²) in [6.45, 7) is -0.792. The van der Waals surface area contributed by atoms with Crippen LogP contribution in [0.2, 0.25) is 0 Å². The zero-order valence-electron chi connectivity index (χ0n) is 13.1. The van der Waals surface area contributed by atoms with Crippen LogP contribution in [0.25, 0.3) is 0 Å². The summed E-state index contributed by atoms with van der Waals surface area (Å²) >= 11 is 0. The second kappa shape index (κ2) is 6.83. The minimum Gasteiger partial charge on any atom is -0.394 e. The minimum atomic E-state index is -1.77. The number of nitrogens with zero attached hydrogens (tertiary/aromatic N) is 4. The summed E-state index contributed by atoms with van der Waals surface area (Å²) < 4.78 is 1.13. The number of aliphatic imine (C=N–C) groups is 2. The van der Waals surface area contributed by atoms with E-state index in [-0.39, 0.29) is 23.8 Å². The third kappa shape index (κ3) is 3.12. The molecule has 4 atom stereocenters. The molecule has 5 N–H and O–H groups in total. The third-order valence-corrected chi connectivity index (χ3v) is 3.80. The van der Waals surface area contributed by atoms with Gasteiger partial charge in [-0.1, -0.05) is 4.99 Å². The molecule has 24 heavy (non-hydrogen) atoms. The van der Waals surface area contributed by atoms with Crippen molar-refractivity contribution in [2.45, 2.75) is 30.8 Å². The first-order valence-corrected chi connectivity index (χ1v) is 7.11. The van der Waals surface area contributed by atoms with E-state index in [1.165, 1.54) is 14.1 Å². The average Bonchev–Trinajstić information content (AvgIpc) is 2.99. The predicted molar refractivity (Wildman–Crippen MR) is 80.0 cm³/mol. The zero-order chi connectivity index (χ0) is 18.2. The Morgan fingerprint density at radius 2 is 1.67 bits per heavy atom. The molecule has 11 nitrogen and oxygen atoms in total. The van der Waals surface area contributed by atoms with Crippen molar-refractivity contribution in [1.29, 1.82) is 0 Å². The predicted octanol–water partition coefficient (Wildman–Crippen LogP) is -3.70. The maximum absolute atomic E-state index is 12.0. The number of carbonyl (C=O) groups is 2. The summed E-state index contributed by atoms with van der Waals surface area (Å²) in [6, 6.07) is -0.582. The summed E-state index contributed by atoms with van der Waals surface area (Å²) in [5.74, 6) is -0.617. The number of hydrogen-bond donors (Lipinski definition) is 5. The largest absolute Gasteiger partial charge is 0.446 e. The van der Waals surface area contributed by atoms with Gasteiger partial charge in [-0.25, -0.2) is 14.6 Å². The number of hydrogen-bond acceptors (Lipinski definition) is 9. The lowest BCUT2D eigenvalue weighted by molar-refractivity contribution is -0.401. The molecule has 11 heteroatoms. The first-order chi connectivity index (χ1) is 11.2. The average molecular weight is 343 g/mol. The number of fused-ring (bicyclic) bond motifs is 1. The van der Waals surface area contributed by atoms with Gasteiger partial charge in [0.25, 0.3) is 0 Å². The molecule has 2 aliphatic rings. The van der Waals surface area contributed by atoms with Crippen LogP contribution in [-0.2, 0) is 4.79 Å². The number of rotatable bonds is 6. The van der Waals surface area contributed by atoms with Crippen LogP contribution in [0.5, 0.6) is 0 Å². The van der Waals surface area contributed by atoms with Crippen LogP contribution in [0, 0.1) is 0 Å². The van der Waals surface area contributed by atoms with Gasteiger partial charge in [0.05, 0.1) is 33.2 Å². The molecule has 2 heterocycles. The van der Waals surface area contributed by atoms with Gasteiger partial charge in [0, 0.05) is 0 Å². The van der Waals surface area contributed by atoms with Crippen molar-refractivity contribution < 1.29 is 39.7 Å². The molecule has 2 aliphatic heterocycles. The quantitative estimate of drug-likeness (QED) is 0.309. The van der Waals surface area contributed by atoms with Gasteiger partial charge in [-0.05, 0) is 0 Å². The number of amides is 3. The van der Waals surface area contributed by atoms with Crippen LogP contribution in [-0.4, -0.2) is 109 Å². The SMILES string of the molecule is CN1C(=O)C2=NC(C[C@H](O)[C@@H](O)[C@@H](O)[C@H](O)CO)=NC2=[N+](C)C1=O. The van der Waals surface area contributed by atoms with Crippen molar-refractivity contribution in [2.24, 2.45) is 9.98 Å². The van der Waals surface area contributed by atoms with E-state index < -0.39 is 43.0 Å². The number of carbonyl (C=O) groups excluding carboxylic acids is 2. The Kier molecular flexibility index (Phi) is 5.20. The fourth-order valence-corrected chi connectivity index (χ4v) is 2.28. The highest BCUT2D eigenvalue weighted by atomic mass is 16.4. The molecule has 3 amide bonds. The molecule has 2 rings (SSSR count). The lowest BCUT2D eigenvalue weighted by Crippen LogP contribution is -2.51. The van der Waals surface area contributed by atoms with E-state index in [2.05, 4.69) is 9.98 Å². The summed E-state index contributed by atoms with van der Waals surface area (Å²) in [6.07, 6.45) is -7.05. The van der Waals surface area contributed by atoms with Crippen molar-refractivity contribution >= 4 is 29.3 Å². The molecule has 0 aromatic rings. The van der Waals surface area contributed by atoms with E-state index in [9.17, 15) is 30.0 Å². The standard InChI is InChI=1S/C13H19N4O7/c1-16-11-8(12(23)17(2)13(16)24)14-7(15-11)3-5(19)9(21)10(22)6(20)4-18/h5-6,9-10,18-22H,3-4H2,1-2H3/q+1/t5-,6+,9+,10-/m0/s1. The van der Waals surface area contributed by atoms with Gasteiger partial charge in [0.15, 0.2) is 0 Å². The van der Waals surface area contributed by atoms with E-state index in [0.29, 0.717) is 0 Å². The van der Waals surface area contributed by atoms with Crippen LogP contribution < -0.4 is 0 Å². The van der Waals surface area contributed by atoms with E-state index in [0.717, 1.165) is 9.48 Å². The monoisotopic (exact) mass is 343 g/mol. The maximum atomic E-state index is 12.0. The lowest BCUT2D eigenvalue weighted by Gasteiger charge is -2.24. The van der Waals surface area contributed by atoms with Gasteiger partial charge in [0.1, 0.15) is 18.3 Å². The first kappa shape index (κ1) is 18.3. The van der Waals surface area contributed by atoms with E-state index in [1.807, 2.05) is 0 Å². The number of aliphatic hydroxyl groups excluding tert-OH is 5. The molecule has 0 unspecified atom stereocenters. The summed E-state index contributed by atoms with van der Waals surface area (Å²) in [7, 11) is 2.71. The second-order valence-electron chi connectivity index (χ2n) is 5.52. The topological polar surface area (TPSA) is 166 Å². The normalized spacial score (nSPS) is 22.9. The van der Waals surface area contributed by atoms with Crippen LogP contribution in [0.3, 0.4) is 0 Å². The van der Waals surface area contributed by atoms with Crippen molar-refractivity contribution in [3.63, 3.8) is 0 Å². The highest BCUT2D eigenvalue weighted by molar-refractivity contribution is 6.70. The Morgan fingerprint density at radius 1 is 1.08 bits per heavy atom. The maximum Gasteiger partial charge on any atom is 0.446 e. The Morgan fingerprint density at radius 3 is 2.25 bits per heavy atom. The molecule has 0 radical (unpaired) electrons. The molecule has 0 aromatic heterocycles. The van der Waals surface area contributed by atoms with Gasteiger partial charge in [-0.3, -0.25) is 0 Å². The van der Waals surface area contributed by atoms with Crippen LogP contribution in [0.15, 0.2) is 9.98 Å². The van der Waals surface area contributed by atoms with Gasteiger partial charge >= 0.3 is 17.8 Å². The molecule has 0 spiro atoms. The third-order valence-electron chi connectivity index (χ3n) is 3.80. The smallest absolute Gasteiger partial charge is 0.394 e. The Bertz CT molecular complexity index is 657. The van der Waals surface area contributed by atoms with E-state index in [1.54, 1.807) is 0 Å². The number of imide groups is 1. The van der Waals surface area contributed by atoms with Crippen molar-refractivity contribution in [2.75, 3.05) is 20.7 Å². The summed E-state index contributed by atoms with van der Waals surface area (Å²) in [5, 5.41) is 47.3. The zero-order valence-corrected chi connectivity index (χ0v) is 13.1. The first-order valence-electron chi connectivity index (χ1n) is 7.11. The minimum absolute atomic E-state index is 0.0134. The Labute approximate surface area is 136 Å². The molecule has 0 aromatic carbocycles. The molecule has 0 fully saturated rings. The van der Waals surface area contributed by atoms with Gasteiger partial charge in [-0.15, -0.1) is 0 Å². The highest BCUT2D eigenvalue weighted by Crippen LogP contribution is 2.15. The van der Waals surface area contributed by atoms with Gasteiger partial charge < -0.3 is 25.5 Å². The second-order valence-corrected chi connectivity index (χ2v) is 5.52. The molecular formula is C13H19N4O7+. The van der Waals surface area contributed by atoms with Crippen molar-refractivity contribution in [3.8, 4) is 0 Å². The Balaban J connectivity index is 2.17.